The second-order valence-corrected chi connectivity index (χ2v) is 8.08. The number of aliphatic hydroxyl groups excluding tert-OH is 1. The second kappa shape index (κ2) is 6.75. The number of benzene rings is 1. The highest BCUT2D eigenvalue weighted by atomic mass is 16.3. The van der Waals surface area contributed by atoms with Gasteiger partial charge in [-0.3, -0.25) is 0 Å². The molecule has 2 atom stereocenters. The summed E-state index contributed by atoms with van der Waals surface area (Å²) in [4.78, 5) is 14.6. The normalized spacial score (nSPS) is 25.0. The van der Waals surface area contributed by atoms with Crippen molar-refractivity contribution in [2.75, 3.05) is 13.1 Å². The lowest BCUT2D eigenvalue weighted by Crippen LogP contribution is -2.47. The van der Waals surface area contributed by atoms with E-state index >= 15 is 0 Å². The molecule has 2 N–H and O–H groups in total. The van der Waals surface area contributed by atoms with Crippen LogP contribution in [0.1, 0.15) is 63.6 Å². The van der Waals surface area contributed by atoms with Gasteiger partial charge in [0.25, 0.3) is 0 Å². The van der Waals surface area contributed by atoms with Gasteiger partial charge < -0.3 is 15.3 Å². The third-order valence-electron chi connectivity index (χ3n) is 5.93. The summed E-state index contributed by atoms with van der Waals surface area (Å²) in [5.74, 6) is 0.324. The third kappa shape index (κ3) is 3.44. The van der Waals surface area contributed by atoms with Gasteiger partial charge in [-0.1, -0.05) is 38.1 Å². The van der Waals surface area contributed by atoms with Crippen molar-refractivity contribution in [2.24, 2.45) is 5.92 Å². The Labute approximate surface area is 145 Å². The van der Waals surface area contributed by atoms with Gasteiger partial charge in [0.15, 0.2) is 0 Å². The van der Waals surface area contributed by atoms with E-state index < -0.39 is 0 Å². The molecule has 0 radical (unpaired) electrons. The number of likely N-dealkylation sites (tertiary alicyclic amines) is 1. The first-order chi connectivity index (χ1) is 11.4. The number of nitrogens with one attached hydrogen (secondary N) is 1. The second-order valence-electron chi connectivity index (χ2n) is 8.08. The zero-order valence-corrected chi connectivity index (χ0v) is 15.1. The molecule has 1 aliphatic carbocycles. The Hall–Kier alpha value is -1.55. The van der Waals surface area contributed by atoms with E-state index in [1.807, 2.05) is 11.8 Å². The van der Waals surface area contributed by atoms with Crippen molar-refractivity contribution < 1.29 is 9.90 Å². The number of amides is 2. The Morgan fingerprint density at radius 3 is 2.58 bits per heavy atom. The summed E-state index contributed by atoms with van der Waals surface area (Å²) in [5, 5.41) is 13.0. The smallest absolute Gasteiger partial charge is 0.317 e. The summed E-state index contributed by atoms with van der Waals surface area (Å²) in [7, 11) is 0. The third-order valence-corrected chi connectivity index (χ3v) is 5.93. The van der Waals surface area contributed by atoms with Crippen molar-refractivity contribution >= 4 is 6.03 Å². The minimum atomic E-state index is -0.275. The molecule has 1 saturated heterocycles. The van der Waals surface area contributed by atoms with Crippen LogP contribution in [0.3, 0.4) is 0 Å². The number of carbonyl (C=O) groups is 1. The van der Waals surface area contributed by atoms with Gasteiger partial charge in [-0.05, 0) is 55.1 Å². The molecule has 1 fully saturated rings. The van der Waals surface area contributed by atoms with Gasteiger partial charge >= 0.3 is 6.03 Å². The van der Waals surface area contributed by atoms with Crippen molar-refractivity contribution in [3.05, 3.63) is 35.4 Å². The van der Waals surface area contributed by atoms with Crippen molar-refractivity contribution in [3.8, 4) is 0 Å². The van der Waals surface area contributed by atoms with E-state index in [4.69, 9.17) is 0 Å². The summed E-state index contributed by atoms with van der Waals surface area (Å²) < 4.78 is 0. The number of urea groups is 1. The molecule has 2 aliphatic rings. The SMILES string of the molecule is CC(O)C1CCN(C(=O)NC2CCC(C)(C)c3ccccc32)CC1. The number of hydrogen-bond acceptors (Lipinski definition) is 2. The van der Waals surface area contributed by atoms with Gasteiger partial charge in [0.05, 0.1) is 12.1 Å². The molecule has 4 nitrogen and oxygen atoms in total. The molecule has 2 unspecified atom stereocenters. The summed E-state index contributed by atoms with van der Waals surface area (Å²) >= 11 is 0. The summed E-state index contributed by atoms with van der Waals surface area (Å²) in [6.45, 7) is 7.89. The van der Waals surface area contributed by atoms with Gasteiger partial charge in [0.1, 0.15) is 0 Å². The average Bonchev–Trinajstić information content (AvgIpc) is 2.58. The van der Waals surface area contributed by atoms with Crippen LogP contribution in [0, 0.1) is 5.92 Å². The standard InChI is InChI=1S/C20H30N2O2/c1-14(23)15-9-12-22(13-10-15)19(24)21-18-8-11-20(2,3)17-7-5-4-6-16(17)18/h4-7,14-15,18,23H,8-13H2,1-3H3,(H,21,24). The maximum Gasteiger partial charge on any atom is 0.317 e. The topological polar surface area (TPSA) is 52.6 Å². The van der Waals surface area contributed by atoms with E-state index in [0.717, 1.165) is 38.8 Å². The van der Waals surface area contributed by atoms with Crippen molar-refractivity contribution in [2.45, 2.75) is 64.0 Å². The molecule has 0 spiro atoms. The van der Waals surface area contributed by atoms with Crippen LogP contribution < -0.4 is 5.32 Å². The minimum Gasteiger partial charge on any atom is -0.393 e. The fourth-order valence-electron chi connectivity index (χ4n) is 4.19. The Kier molecular flexibility index (Phi) is 4.86. The van der Waals surface area contributed by atoms with E-state index in [-0.39, 0.29) is 23.6 Å². The molecule has 1 aromatic rings. The summed E-state index contributed by atoms with van der Waals surface area (Å²) in [6.07, 6.45) is 3.57. The van der Waals surface area contributed by atoms with Crippen LogP contribution in [-0.4, -0.2) is 35.2 Å². The molecule has 0 bridgehead atoms. The first-order valence-electron chi connectivity index (χ1n) is 9.21. The molecule has 3 rings (SSSR count). The molecular weight excluding hydrogens is 300 g/mol. The van der Waals surface area contributed by atoms with Crippen molar-refractivity contribution in [1.29, 1.82) is 0 Å². The maximum atomic E-state index is 12.7. The van der Waals surface area contributed by atoms with E-state index in [0.29, 0.717) is 5.92 Å². The van der Waals surface area contributed by atoms with E-state index in [1.54, 1.807) is 0 Å². The molecule has 1 heterocycles. The molecule has 0 aromatic heterocycles. The zero-order chi connectivity index (χ0) is 17.3. The molecule has 0 saturated carbocycles. The van der Waals surface area contributed by atoms with Crippen molar-refractivity contribution in [3.63, 3.8) is 0 Å². The minimum absolute atomic E-state index is 0.0403. The van der Waals surface area contributed by atoms with Crippen LogP contribution in [0.15, 0.2) is 24.3 Å². The van der Waals surface area contributed by atoms with Crippen LogP contribution in [0.2, 0.25) is 0 Å². The Balaban J connectivity index is 1.66. The molecule has 1 aromatic carbocycles. The van der Waals surface area contributed by atoms with E-state index in [2.05, 4.69) is 43.4 Å². The first kappa shape index (κ1) is 17.3. The van der Waals surface area contributed by atoms with Crippen LogP contribution >= 0.6 is 0 Å². The number of carbonyl (C=O) groups excluding carboxylic acids is 1. The number of aliphatic hydroxyl groups is 1. The number of hydrogen-bond donors (Lipinski definition) is 2. The molecule has 1 aliphatic heterocycles. The number of fused-ring (bicyclic) bond motifs is 1. The van der Waals surface area contributed by atoms with Crippen molar-refractivity contribution in [1.82, 2.24) is 10.2 Å². The molecule has 24 heavy (non-hydrogen) atoms. The van der Waals surface area contributed by atoms with Gasteiger partial charge in [-0.15, -0.1) is 0 Å². The van der Waals surface area contributed by atoms with Gasteiger partial charge in [0.2, 0.25) is 0 Å². The zero-order valence-electron chi connectivity index (χ0n) is 15.1. The number of piperidine rings is 1. The van der Waals surface area contributed by atoms with Crippen LogP contribution in [0.25, 0.3) is 0 Å². The highest BCUT2D eigenvalue weighted by Gasteiger charge is 2.34. The van der Waals surface area contributed by atoms with Crippen LogP contribution in [0.4, 0.5) is 4.79 Å². The summed E-state index contributed by atoms with van der Waals surface area (Å²) in [5.41, 5.74) is 2.79. The van der Waals surface area contributed by atoms with Gasteiger partial charge in [-0.2, -0.15) is 0 Å². The highest BCUT2D eigenvalue weighted by molar-refractivity contribution is 5.75. The molecule has 2 amide bonds. The predicted molar refractivity (Wildman–Crippen MR) is 96.0 cm³/mol. The Morgan fingerprint density at radius 1 is 1.25 bits per heavy atom. The van der Waals surface area contributed by atoms with E-state index in [1.165, 1.54) is 11.1 Å². The fraction of sp³-hybridized carbons (Fsp3) is 0.650. The fourth-order valence-corrected chi connectivity index (χ4v) is 4.19. The van der Waals surface area contributed by atoms with Gasteiger partial charge in [-0.25, -0.2) is 4.79 Å². The maximum absolute atomic E-state index is 12.7. The lowest BCUT2D eigenvalue weighted by atomic mass is 9.71. The first-order valence-corrected chi connectivity index (χ1v) is 9.21. The number of nitrogens with zero attached hydrogens (tertiary/aromatic N) is 1. The predicted octanol–water partition coefficient (Wildman–Crippen LogP) is 3.60. The quantitative estimate of drug-likeness (QED) is 0.870. The Morgan fingerprint density at radius 2 is 1.92 bits per heavy atom. The largest absolute Gasteiger partial charge is 0.393 e. The van der Waals surface area contributed by atoms with Crippen LogP contribution in [-0.2, 0) is 5.41 Å². The van der Waals surface area contributed by atoms with Crippen LogP contribution in [0.5, 0.6) is 0 Å². The molecular formula is C20H30N2O2. The Bertz CT molecular complexity index is 589. The average molecular weight is 330 g/mol. The lowest BCUT2D eigenvalue weighted by molar-refractivity contribution is 0.0791. The van der Waals surface area contributed by atoms with E-state index in [9.17, 15) is 9.90 Å². The molecule has 4 heteroatoms. The highest BCUT2D eigenvalue weighted by Crippen LogP contribution is 2.41. The lowest BCUT2D eigenvalue weighted by Gasteiger charge is -2.39. The number of rotatable bonds is 2. The molecule has 132 valence electrons. The monoisotopic (exact) mass is 330 g/mol. The summed E-state index contributed by atoms with van der Waals surface area (Å²) in [6, 6.07) is 8.65. The van der Waals surface area contributed by atoms with Gasteiger partial charge in [0, 0.05) is 13.1 Å².